The molecular formula is C19H17N3OS. The van der Waals surface area contributed by atoms with Gasteiger partial charge in [-0.3, -0.25) is 9.78 Å². The maximum absolute atomic E-state index is 12.7. The van der Waals surface area contributed by atoms with Gasteiger partial charge in [0.25, 0.3) is 5.91 Å². The van der Waals surface area contributed by atoms with Gasteiger partial charge in [0.2, 0.25) is 0 Å². The summed E-state index contributed by atoms with van der Waals surface area (Å²) in [5.41, 5.74) is 4.12. The minimum Gasteiger partial charge on any atom is -0.344 e. The summed E-state index contributed by atoms with van der Waals surface area (Å²) >= 11 is 1.40. The third kappa shape index (κ3) is 2.71. The molecule has 0 unspecified atom stereocenters. The van der Waals surface area contributed by atoms with Crippen molar-refractivity contribution in [3.05, 3.63) is 70.4 Å². The van der Waals surface area contributed by atoms with E-state index in [1.807, 2.05) is 31.2 Å². The SMILES string of the molecule is Cc1nc(-c2ccccn2)sc1C(=O)N[C@@H]1CCc2ccccc21. The van der Waals surface area contributed by atoms with E-state index in [0.717, 1.165) is 29.2 Å². The number of nitrogens with zero attached hydrogens (tertiary/aromatic N) is 2. The highest BCUT2D eigenvalue weighted by molar-refractivity contribution is 7.17. The van der Waals surface area contributed by atoms with E-state index < -0.39 is 0 Å². The van der Waals surface area contributed by atoms with Crippen LogP contribution in [0.25, 0.3) is 10.7 Å². The van der Waals surface area contributed by atoms with Crippen molar-refractivity contribution in [1.82, 2.24) is 15.3 Å². The number of aryl methyl sites for hydroxylation is 2. The number of thiazole rings is 1. The van der Waals surface area contributed by atoms with Crippen LogP contribution in [-0.2, 0) is 6.42 Å². The Hall–Kier alpha value is -2.53. The van der Waals surface area contributed by atoms with E-state index in [2.05, 4.69) is 33.5 Å². The van der Waals surface area contributed by atoms with Crippen LogP contribution in [0.4, 0.5) is 0 Å². The lowest BCUT2D eigenvalue weighted by atomic mass is 10.1. The van der Waals surface area contributed by atoms with Gasteiger partial charge < -0.3 is 5.32 Å². The smallest absolute Gasteiger partial charge is 0.263 e. The van der Waals surface area contributed by atoms with E-state index >= 15 is 0 Å². The molecule has 1 aromatic carbocycles. The first-order valence-electron chi connectivity index (χ1n) is 8.00. The fourth-order valence-electron chi connectivity index (χ4n) is 3.14. The third-order valence-corrected chi connectivity index (χ3v) is 5.50. The molecule has 0 saturated heterocycles. The average molecular weight is 335 g/mol. The molecule has 1 aliphatic carbocycles. The average Bonchev–Trinajstić information content (AvgIpc) is 3.20. The molecule has 2 aromatic heterocycles. The first kappa shape index (κ1) is 15.0. The standard InChI is InChI=1S/C19H17N3OS/c1-12-17(24-19(21-12)16-8-4-5-11-20-16)18(23)22-15-10-9-13-6-2-3-7-14(13)15/h2-8,11,15H,9-10H2,1H3,(H,22,23)/t15-/m1/s1. The fourth-order valence-corrected chi connectivity index (χ4v) is 4.08. The minimum absolute atomic E-state index is 0.0473. The Balaban J connectivity index is 1.57. The lowest BCUT2D eigenvalue weighted by Gasteiger charge is -2.13. The highest BCUT2D eigenvalue weighted by Crippen LogP contribution is 2.32. The number of carbonyl (C=O) groups is 1. The van der Waals surface area contributed by atoms with Crippen LogP contribution in [0.5, 0.6) is 0 Å². The molecule has 4 rings (SSSR count). The minimum atomic E-state index is -0.0473. The van der Waals surface area contributed by atoms with Crippen LogP contribution in [0.3, 0.4) is 0 Å². The molecule has 0 spiro atoms. The second-order valence-electron chi connectivity index (χ2n) is 5.91. The van der Waals surface area contributed by atoms with Crippen molar-refractivity contribution < 1.29 is 4.79 Å². The van der Waals surface area contributed by atoms with E-state index in [1.165, 1.54) is 22.5 Å². The lowest BCUT2D eigenvalue weighted by Crippen LogP contribution is -2.26. The van der Waals surface area contributed by atoms with Gasteiger partial charge in [0.1, 0.15) is 9.88 Å². The second kappa shape index (κ2) is 6.17. The lowest BCUT2D eigenvalue weighted by molar-refractivity contribution is 0.0940. The molecule has 0 bridgehead atoms. The molecule has 5 heteroatoms. The summed E-state index contributed by atoms with van der Waals surface area (Å²) in [6.45, 7) is 1.88. The molecule has 1 N–H and O–H groups in total. The van der Waals surface area contributed by atoms with Gasteiger partial charge in [-0.05, 0) is 43.0 Å². The summed E-state index contributed by atoms with van der Waals surface area (Å²) in [7, 11) is 0. The highest BCUT2D eigenvalue weighted by Gasteiger charge is 2.25. The quantitative estimate of drug-likeness (QED) is 0.789. The van der Waals surface area contributed by atoms with Crippen molar-refractivity contribution in [3.8, 4) is 10.7 Å². The molecule has 0 saturated carbocycles. The van der Waals surface area contributed by atoms with E-state index in [0.29, 0.717) is 4.88 Å². The Bertz CT molecular complexity index is 889. The number of amides is 1. The van der Waals surface area contributed by atoms with Crippen LogP contribution in [-0.4, -0.2) is 15.9 Å². The topological polar surface area (TPSA) is 54.9 Å². The van der Waals surface area contributed by atoms with Crippen LogP contribution in [0, 0.1) is 6.92 Å². The predicted molar refractivity (Wildman–Crippen MR) is 95.1 cm³/mol. The molecule has 24 heavy (non-hydrogen) atoms. The summed E-state index contributed by atoms with van der Waals surface area (Å²) < 4.78 is 0. The number of nitrogens with one attached hydrogen (secondary N) is 1. The Labute approximate surface area is 144 Å². The van der Waals surface area contributed by atoms with E-state index in [9.17, 15) is 4.79 Å². The number of fused-ring (bicyclic) bond motifs is 1. The first-order valence-corrected chi connectivity index (χ1v) is 8.81. The van der Waals surface area contributed by atoms with Gasteiger partial charge in [-0.1, -0.05) is 30.3 Å². The summed E-state index contributed by atoms with van der Waals surface area (Å²) in [4.78, 5) is 22.2. The molecule has 0 fully saturated rings. The van der Waals surface area contributed by atoms with Crippen molar-refractivity contribution in [3.63, 3.8) is 0 Å². The Morgan fingerprint density at radius 2 is 2.04 bits per heavy atom. The van der Waals surface area contributed by atoms with Gasteiger partial charge in [0.15, 0.2) is 0 Å². The van der Waals surface area contributed by atoms with Crippen LogP contribution in [0.15, 0.2) is 48.7 Å². The largest absolute Gasteiger partial charge is 0.344 e. The zero-order valence-electron chi connectivity index (χ0n) is 13.3. The number of hydrogen-bond acceptors (Lipinski definition) is 4. The molecule has 3 aromatic rings. The third-order valence-electron chi connectivity index (χ3n) is 4.33. The number of aromatic nitrogens is 2. The van der Waals surface area contributed by atoms with Gasteiger partial charge in [0, 0.05) is 6.20 Å². The number of benzene rings is 1. The molecular weight excluding hydrogens is 318 g/mol. The molecule has 2 heterocycles. The Kier molecular flexibility index (Phi) is 3.86. The van der Waals surface area contributed by atoms with E-state index in [-0.39, 0.29) is 11.9 Å². The highest BCUT2D eigenvalue weighted by atomic mass is 32.1. The Morgan fingerprint density at radius 3 is 2.88 bits per heavy atom. The fraction of sp³-hybridized carbons (Fsp3) is 0.211. The van der Waals surface area contributed by atoms with Crippen molar-refractivity contribution in [2.24, 2.45) is 0 Å². The van der Waals surface area contributed by atoms with Crippen molar-refractivity contribution in [2.75, 3.05) is 0 Å². The van der Waals surface area contributed by atoms with Gasteiger partial charge in [-0.25, -0.2) is 4.98 Å². The second-order valence-corrected chi connectivity index (χ2v) is 6.91. The zero-order valence-corrected chi connectivity index (χ0v) is 14.1. The van der Waals surface area contributed by atoms with Gasteiger partial charge in [-0.15, -0.1) is 11.3 Å². The number of pyridine rings is 1. The van der Waals surface area contributed by atoms with Crippen LogP contribution in [0.2, 0.25) is 0 Å². The summed E-state index contributed by atoms with van der Waals surface area (Å²) in [6, 6.07) is 14.1. The molecule has 0 aliphatic heterocycles. The van der Waals surface area contributed by atoms with E-state index in [1.54, 1.807) is 6.20 Å². The predicted octanol–water partition coefficient (Wildman–Crippen LogP) is 3.93. The van der Waals surface area contributed by atoms with Crippen molar-refractivity contribution in [2.45, 2.75) is 25.8 Å². The van der Waals surface area contributed by atoms with Crippen molar-refractivity contribution in [1.29, 1.82) is 0 Å². The molecule has 1 atom stereocenters. The summed E-state index contributed by atoms with van der Waals surface area (Å²) in [6.07, 6.45) is 3.71. The normalized spacial score (nSPS) is 16.0. The van der Waals surface area contributed by atoms with Crippen molar-refractivity contribution >= 4 is 17.2 Å². The monoisotopic (exact) mass is 335 g/mol. The molecule has 1 amide bonds. The number of rotatable bonds is 3. The maximum atomic E-state index is 12.7. The summed E-state index contributed by atoms with van der Waals surface area (Å²) in [5, 5.41) is 3.95. The first-order chi connectivity index (χ1) is 11.7. The molecule has 0 radical (unpaired) electrons. The molecule has 1 aliphatic rings. The van der Waals surface area contributed by atoms with E-state index in [4.69, 9.17) is 0 Å². The Morgan fingerprint density at radius 1 is 1.21 bits per heavy atom. The van der Waals surface area contributed by atoms with Crippen LogP contribution in [0.1, 0.15) is 39.0 Å². The number of hydrogen-bond donors (Lipinski definition) is 1. The van der Waals surface area contributed by atoms with Gasteiger partial charge >= 0.3 is 0 Å². The van der Waals surface area contributed by atoms with Gasteiger partial charge in [0.05, 0.1) is 17.4 Å². The van der Waals surface area contributed by atoms with Crippen LogP contribution < -0.4 is 5.32 Å². The molecule has 4 nitrogen and oxygen atoms in total. The van der Waals surface area contributed by atoms with Crippen LogP contribution >= 0.6 is 11.3 Å². The zero-order chi connectivity index (χ0) is 16.5. The van der Waals surface area contributed by atoms with Gasteiger partial charge in [-0.2, -0.15) is 0 Å². The summed E-state index contributed by atoms with van der Waals surface area (Å²) in [5.74, 6) is -0.0473. The number of carbonyl (C=O) groups excluding carboxylic acids is 1. The molecule has 120 valence electrons. The maximum Gasteiger partial charge on any atom is 0.263 e.